The van der Waals surface area contributed by atoms with Gasteiger partial charge in [0, 0.05) is 5.39 Å². The van der Waals surface area contributed by atoms with Crippen molar-refractivity contribution < 1.29 is 19.0 Å². The first-order valence-corrected chi connectivity index (χ1v) is 8.82. The Morgan fingerprint density at radius 2 is 1.63 bits per heavy atom. The SMILES string of the molecule is COc1ccc(OC[C@@H](C)NC(=O)COc2cccc3ccccc23)cc1. The molecule has 0 spiro atoms. The highest BCUT2D eigenvalue weighted by Gasteiger charge is 2.10. The van der Waals surface area contributed by atoms with Gasteiger partial charge in [0.05, 0.1) is 13.2 Å². The fraction of sp³-hybridized carbons (Fsp3) is 0.227. The predicted octanol–water partition coefficient (Wildman–Crippen LogP) is 3.81. The van der Waals surface area contributed by atoms with Crippen molar-refractivity contribution in [1.29, 1.82) is 0 Å². The van der Waals surface area contributed by atoms with Gasteiger partial charge < -0.3 is 19.5 Å². The van der Waals surface area contributed by atoms with Gasteiger partial charge in [0.15, 0.2) is 6.61 Å². The highest BCUT2D eigenvalue weighted by atomic mass is 16.5. The molecule has 0 radical (unpaired) electrons. The van der Waals surface area contributed by atoms with E-state index in [1.807, 2.05) is 73.7 Å². The standard InChI is InChI=1S/C22H23NO4/c1-16(14-26-19-12-10-18(25-2)11-13-19)23-22(24)15-27-21-9-5-7-17-6-3-4-8-20(17)21/h3-13,16H,14-15H2,1-2H3,(H,23,24)/t16-/m1/s1. The Hall–Kier alpha value is -3.21. The Kier molecular flexibility index (Phi) is 6.15. The Bertz CT molecular complexity index is 887. The largest absolute Gasteiger partial charge is 0.497 e. The fourth-order valence-electron chi connectivity index (χ4n) is 2.72. The molecule has 0 aliphatic heterocycles. The van der Waals surface area contributed by atoms with Crippen molar-refractivity contribution in [3.8, 4) is 17.2 Å². The molecule has 5 nitrogen and oxygen atoms in total. The van der Waals surface area contributed by atoms with E-state index in [-0.39, 0.29) is 18.6 Å². The normalized spacial score (nSPS) is 11.6. The van der Waals surface area contributed by atoms with Crippen molar-refractivity contribution in [3.05, 3.63) is 66.7 Å². The zero-order valence-corrected chi connectivity index (χ0v) is 15.5. The maximum Gasteiger partial charge on any atom is 0.258 e. The van der Waals surface area contributed by atoms with Gasteiger partial charge in [0.1, 0.15) is 23.9 Å². The van der Waals surface area contributed by atoms with Crippen molar-refractivity contribution >= 4 is 16.7 Å². The first kappa shape index (κ1) is 18.6. The summed E-state index contributed by atoms with van der Waals surface area (Å²) in [6.45, 7) is 2.21. The zero-order chi connectivity index (χ0) is 19.1. The summed E-state index contributed by atoms with van der Waals surface area (Å²) in [6.07, 6.45) is 0. The van der Waals surface area contributed by atoms with Gasteiger partial charge in [-0.05, 0) is 42.6 Å². The summed E-state index contributed by atoms with van der Waals surface area (Å²) in [5.74, 6) is 2.01. The number of carbonyl (C=O) groups excluding carboxylic acids is 1. The lowest BCUT2D eigenvalue weighted by molar-refractivity contribution is -0.123. The molecule has 0 unspecified atom stereocenters. The number of fused-ring (bicyclic) bond motifs is 1. The molecule has 0 saturated carbocycles. The monoisotopic (exact) mass is 365 g/mol. The topological polar surface area (TPSA) is 56.8 Å². The second-order valence-corrected chi connectivity index (χ2v) is 6.22. The van der Waals surface area contributed by atoms with Gasteiger partial charge in [0.25, 0.3) is 5.91 Å². The predicted molar refractivity (Wildman–Crippen MR) is 106 cm³/mol. The van der Waals surface area contributed by atoms with Crippen LogP contribution in [0.25, 0.3) is 10.8 Å². The van der Waals surface area contributed by atoms with E-state index in [0.29, 0.717) is 12.4 Å². The molecule has 27 heavy (non-hydrogen) atoms. The molecule has 3 rings (SSSR count). The Labute approximate surface area is 158 Å². The highest BCUT2D eigenvalue weighted by Crippen LogP contribution is 2.25. The number of carbonyl (C=O) groups is 1. The van der Waals surface area contributed by atoms with Gasteiger partial charge in [-0.1, -0.05) is 36.4 Å². The van der Waals surface area contributed by atoms with Crippen LogP contribution in [0.5, 0.6) is 17.2 Å². The third-order valence-electron chi connectivity index (χ3n) is 4.08. The number of hydrogen-bond donors (Lipinski definition) is 1. The summed E-state index contributed by atoms with van der Waals surface area (Å²) in [7, 11) is 1.62. The lowest BCUT2D eigenvalue weighted by Crippen LogP contribution is -2.39. The molecule has 0 heterocycles. The number of methoxy groups -OCH3 is 1. The van der Waals surface area contributed by atoms with Crippen molar-refractivity contribution in [2.45, 2.75) is 13.0 Å². The molecule has 3 aromatic carbocycles. The van der Waals surface area contributed by atoms with Crippen LogP contribution in [0.2, 0.25) is 0 Å². The summed E-state index contributed by atoms with van der Waals surface area (Å²) in [5, 5.41) is 4.95. The molecule has 0 fully saturated rings. The summed E-state index contributed by atoms with van der Waals surface area (Å²) >= 11 is 0. The Morgan fingerprint density at radius 3 is 2.41 bits per heavy atom. The third-order valence-corrected chi connectivity index (χ3v) is 4.08. The summed E-state index contributed by atoms with van der Waals surface area (Å²) in [6, 6.07) is 20.9. The number of rotatable bonds is 8. The number of hydrogen-bond acceptors (Lipinski definition) is 4. The van der Waals surface area contributed by atoms with Crippen molar-refractivity contribution in [1.82, 2.24) is 5.32 Å². The summed E-state index contributed by atoms with van der Waals surface area (Å²) in [5.41, 5.74) is 0. The van der Waals surface area contributed by atoms with Crippen LogP contribution >= 0.6 is 0 Å². The van der Waals surface area contributed by atoms with Gasteiger partial charge in [0.2, 0.25) is 0 Å². The number of amides is 1. The maximum atomic E-state index is 12.1. The van der Waals surface area contributed by atoms with Crippen LogP contribution in [0.15, 0.2) is 66.7 Å². The van der Waals surface area contributed by atoms with Crippen LogP contribution < -0.4 is 19.5 Å². The Balaban J connectivity index is 1.46. The first-order chi connectivity index (χ1) is 13.2. The van der Waals surface area contributed by atoms with Crippen LogP contribution in [0.1, 0.15) is 6.92 Å². The van der Waals surface area contributed by atoms with E-state index in [2.05, 4.69) is 5.32 Å². The minimum absolute atomic E-state index is 0.0408. The fourth-order valence-corrected chi connectivity index (χ4v) is 2.72. The highest BCUT2D eigenvalue weighted by molar-refractivity contribution is 5.88. The number of ether oxygens (including phenoxy) is 3. The maximum absolute atomic E-state index is 12.1. The van der Waals surface area contributed by atoms with Gasteiger partial charge in [-0.15, -0.1) is 0 Å². The van der Waals surface area contributed by atoms with E-state index in [1.54, 1.807) is 7.11 Å². The van der Waals surface area contributed by atoms with E-state index in [0.717, 1.165) is 22.3 Å². The van der Waals surface area contributed by atoms with E-state index in [1.165, 1.54) is 0 Å². The van der Waals surface area contributed by atoms with E-state index in [4.69, 9.17) is 14.2 Å². The summed E-state index contributed by atoms with van der Waals surface area (Å²) in [4.78, 5) is 12.1. The third kappa shape index (κ3) is 5.14. The minimum atomic E-state index is -0.186. The van der Waals surface area contributed by atoms with Crippen LogP contribution in [-0.4, -0.2) is 32.3 Å². The van der Waals surface area contributed by atoms with Gasteiger partial charge in [-0.25, -0.2) is 0 Å². The molecule has 1 N–H and O–H groups in total. The molecule has 0 saturated heterocycles. The van der Waals surface area contributed by atoms with Crippen LogP contribution in [0.4, 0.5) is 0 Å². The summed E-state index contributed by atoms with van der Waals surface area (Å²) < 4.78 is 16.5. The van der Waals surface area contributed by atoms with E-state index in [9.17, 15) is 4.79 Å². The lowest BCUT2D eigenvalue weighted by atomic mass is 10.1. The second kappa shape index (κ2) is 8.94. The van der Waals surface area contributed by atoms with Crippen LogP contribution in [0.3, 0.4) is 0 Å². The molecule has 3 aromatic rings. The molecule has 140 valence electrons. The van der Waals surface area contributed by atoms with Crippen molar-refractivity contribution in [2.75, 3.05) is 20.3 Å². The molecule has 0 aromatic heterocycles. The van der Waals surface area contributed by atoms with Crippen molar-refractivity contribution in [3.63, 3.8) is 0 Å². The molecular formula is C22H23NO4. The van der Waals surface area contributed by atoms with Crippen LogP contribution in [0, 0.1) is 0 Å². The Morgan fingerprint density at radius 1 is 0.926 bits per heavy atom. The minimum Gasteiger partial charge on any atom is -0.497 e. The average molecular weight is 365 g/mol. The first-order valence-electron chi connectivity index (χ1n) is 8.82. The molecule has 0 aliphatic rings. The quantitative estimate of drug-likeness (QED) is 0.659. The molecule has 1 atom stereocenters. The van der Waals surface area contributed by atoms with E-state index < -0.39 is 0 Å². The second-order valence-electron chi connectivity index (χ2n) is 6.22. The molecule has 0 aliphatic carbocycles. The molecule has 1 amide bonds. The van der Waals surface area contributed by atoms with Gasteiger partial charge in [-0.2, -0.15) is 0 Å². The number of nitrogens with one attached hydrogen (secondary N) is 1. The molecule has 0 bridgehead atoms. The number of benzene rings is 3. The molecular weight excluding hydrogens is 342 g/mol. The lowest BCUT2D eigenvalue weighted by Gasteiger charge is -2.16. The van der Waals surface area contributed by atoms with Crippen LogP contribution in [-0.2, 0) is 4.79 Å². The smallest absolute Gasteiger partial charge is 0.258 e. The van der Waals surface area contributed by atoms with Crippen molar-refractivity contribution in [2.24, 2.45) is 0 Å². The molecule has 5 heteroatoms. The van der Waals surface area contributed by atoms with E-state index >= 15 is 0 Å². The van der Waals surface area contributed by atoms with Gasteiger partial charge >= 0.3 is 0 Å². The van der Waals surface area contributed by atoms with Gasteiger partial charge in [-0.3, -0.25) is 4.79 Å². The zero-order valence-electron chi connectivity index (χ0n) is 15.5. The average Bonchev–Trinajstić information content (AvgIpc) is 2.71.